The summed E-state index contributed by atoms with van der Waals surface area (Å²) >= 11 is 0. The lowest BCUT2D eigenvalue weighted by atomic mass is 9.83. The third kappa shape index (κ3) is 2.92. The number of rotatable bonds is 4. The van der Waals surface area contributed by atoms with Gasteiger partial charge in [-0.1, -0.05) is 80.1 Å². The molecule has 3 aromatic carbocycles. The van der Waals surface area contributed by atoms with E-state index >= 15 is 0 Å². The Morgan fingerprint density at radius 1 is 1.00 bits per heavy atom. The smallest absolute Gasteiger partial charge is 0.228 e. The average molecular weight is 381 g/mol. The van der Waals surface area contributed by atoms with Crippen molar-refractivity contribution in [3.8, 4) is 11.6 Å². The molecule has 0 bridgehead atoms. The number of aromatic nitrogens is 2. The van der Waals surface area contributed by atoms with Crippen molar-refractivity contribution >= 4 is 10.8 Å². The summed E-state index contributed by atoms with van der Waals surface area (Å²) in [5.41, 5.74) is 3.57. The highest BCUT2D eigenvalue weighted by molar-refractivity contribution is 5.91. The maximum atomic E-state index is 8.93. The van der Waals surface area contributed by atoms with Crippen molar-refractivity contribution in [1.29, 1.82) is 5.41 Å². The molecule has 4 heteroatoms. The van der Waals surface area contributed by atoms with Gasteiger partial charge in [0.25, 0.3) is 0 Å². The Morgan fingerprint density at radius 2 is 1.79 bits per heavy atom. The van der Waals surface area contributed by atoms with Gasteiger partial charge in [0, 0.05) is 23.4 Å². The molecular weight excluding hydrogens is 358 g/mol. The Labute approximate surface area is 169 Å². The number of unbranched alkanes of at least 4 members (excludes halogenated alkanes) is 1. The summed E-state index contributed by atoms with van der Waals surface area (Å²) in [5, 5.41) is 11.1. The Morgan fingerprint density at radius 3 is 2.62 bits per heavy atom. The molecule has 1 aliphatic heterocycles. The summed E-state index contributed by atoms with van der Waals surface area (Å²) in [7, 11) is 0. The van der Waals surface area contributed by atoms with Crippen LogP contribution in [0.2, 0.25) is 0 Å². The molecule has 1 unspecified atom stereocenters. The number of ether oxygens (including phenoxy) is 1. The van der Waals surface area contributed by atoms with Crippen LogP contribution in [0.4, 0.5) is 0 Å². The van der Waals surface area contributed by atoms with E-state index in [0.717, 1.165) is 52.6 Å². The van der Waals surface area contributed by atoms with E-state index < -0.39 is 0 Å². The zero-order chi connectivity index (χ0) is 19.8. The van der Waals surface area contributed by atoms with Crippen molar-refractivity contribution in [1.82, 2.24) is 9.55 Å². The Kier molecular flexibility index (Phi) is 4.39. The first-order valence-corrected chi connectivity index (χ1v) is 10.2. The standard InChI is InChI=1S/C25H23N3O/c1-2-3-15-28-16-27-25-22(24(28)26)21(18-10-5-4-6-11-18)20-14-13-17-9-7-8-12-19(17)23(20)29-25/h4-14,16,21,26H,2-3,15H2,1H3. The molecule has 0 amide bonds. The zero-order valence-corrected chi connectivity index (χ0v) is 16.4. The van der Waals surface area contributed by atoms with Crippen molar-refractivity contribution in [2.45, 2.75) is 32.2 Å². The van der Waals surface area contributed by atoms with Gasteiger partial charge in [-0.15, -0.1) is 0 Å². The van der Waals surface area contributed by atoms with Crippen LogP contribution in [0.25, 0.3) is 10.8 Å². The molecule has 1 aromatic heterocycles. The van der Waals surface area contributed by atoms with Crippen LogP contribution in [0.3, 0.4) is 0 Å². The lowest BCUT2D eigenvalue weighted by Gasteiger charge is -2.29. The van der Waals surface area contributed by atoms with Crippen LogP contribution in [0.1, 0.15) is 42.4 Å². The normalized spacial score (nSPS) is 14.9. The van der Waals surface area contributed by atoms with Crippen molar-refractivity contribution in [3.63, 3.8) is 0 Å². The molecule has 0 spiro atoms. The van der Waals surface area contributed by atoms with Gasteiger partial charge in [-0.05, 0) is 17.4 Å². The SMILES string of the molecule is CCCCn1cnc2c(c1=N)C(c1ccccc1)c1ccc3ccccc3c1O2. The van der Waals surface area contributed by atoms with Crippen LogP contribution in [0.15, 0.2) is 73.1 Å². The minimum Gasteiger partial charge on any atom is -0.438 e. The first-order chi connectivity index (χ1) is 14.3. The van der Waals surface area contributed by atoms with Gasteiger partial charge in [0.15, 0.2) is 0 Å². The van der Waals surface area contributed by atoms with Gasteiger partial charge in [0.2, 0.25) is 5.88 Å². The number of fused-ring (bicyclic) bond motifs is 4. The molecule has 29 heavy (non-hydrogen) atoms. The van der Waals surface area contributed by atoms with E-state index in [0.29, 0.717) is 11.4 Å². The fourth-order valence-corrected chi connectivity index (χ4v) is 4.19. The van der Waals surface area contributed by atoms with Crippen LogP contribution >= 0.6 is 0 Å². The largest absolute Gasteiger partial charge is 0.438 e. The predicted molar refractivity (Wildman–Crippen MR) is 114 cm³/mol. The van der Waals surface area contributed by atoms with Gasteiger partial charge < -0.3 is 9.30 Å². The number of hydrogen-bond acceptors (Lipinski definition) is 3. The highest BCUT2D eigenvalue weighted by atomic mass is 16.5. The molecule has 0 aliphatic carbocycles. The Bertz CT molecular complexity index is 1240. The molecule has 1 atom stereocenters. The van der Waals surface area contributed by atoms with Crippen molar-refractivity contribution in [3.05, 3.63) is 95.2 Å². The van der Waals surface area contributed by atoms with E-state index in [1.807, 2.05) is 22.8 Å². The van der Waals surface area contributed by atoms with Crippen LogP contribution in [-0.4, -0.2) is 9.55 Å². The van der Waals surface area contributed by atoms with Crippen LogP contribution < -0.4 is 10.2 Å². The van der Waals surface area contributed by atoms with Crippen LogP contribution in [0, 0.1) is 5.41 Å². The molecule has 4 nitrogen and oxygen atoms in total. The molecule has 1 aliphatic rings. The number of nitrogens with one attached hydrogen (secondary N) is 1. The maximum absolute atomic E-state index is 8.93. The minimum absolute atomic E-state index is 0.0753. The quantitative estimate of drug-likeness (QED) is 0.440. The van der Waals surface area contributed by atoms with Crippen LogP contribution in [0.5, 0.6) is 11.6 Å². The van der Waals surface area contributed by atoms with E-state index in [2.05, 4.69) is 60.4 Å². The van der Waals surface area contributed by atoms with E-state index in [9.17, 15) is 0 Å². The van der Waals surface area contributed by atoms with Gasteiger partial charge in [-0.25, -0.2) is 4.98 Å². The Balaban J connectivity index is 1.78. The van der Waals surface area contributed by atoms with Gasteiger partial charge in [0.1, 0.15) is 17.6 Å². The predicted octanol–water partition coefficient (Wildman–Crippen LogP) is 5.60. The molecule has 4 aromatic rings. The number of benzene rings is 3. The molecule has 0 saturated heterocycles. The molecule has 2 heterocycles. The van der Waals surface area contributed by atoms with Gasteiger partial charge in [-0.2, -0.15) is 0 Å². The summed E-state index contributed by atoms with van der Waals surface area (Å²) < 4.78 is 8.28. The fourth-order valence-electron chi connectivity index (χ4n) is 4.19. The van der Waals surface area contributed by atoms with E-state index in [1.54, 1.807) is 6.33 Å². The highest BCUT2D eigenvalue weighted by Gasteiger charge is 2.32. The van der Waals surface area contributed by atoms with E-state index in [-0.39, 0.29) is 5.92 Å². The van der Waals surface area contributed by atoms with Gasteiger partial charge in [-0.3, -0.25) is 5.41 Å². The number of aryl methyl sites for hydroxylation is 1. The maximum Gasteiger partial charge on any atom is 0.228 e. The minimum atomic E-state index is -0.0753. The summed E-state index contributed by atoms with van der Waals surface area (Å²) in [5.74, 6) is 1.32. The molecule has 144 valence electrons. The lowest BCUT2D eigenvalue weighted by Crippen LogP contribution is -2.30. The number of hydrogen-bond donors (Lipinski definition) is 1. The average Bonchev–Trinajstić information content (AvgIpc) is 2.78. The molecule has 0 radical (unpaired) electrons. The molecule has 0 fully saturated rings. The molecular formula is C25H23N3O. The molecule has 1 N–H and O–H groups in total. The lowest BCUT2D eigenvalue weighted by molar-refractivity contribution is 0.425. The van der Waals surface area contributed by atoms with Crippen molar-refractivity contribution < 1.29 is 4.74 Å². The summed E-state index contributed by atoms with van der Waals surface area (Å²) in [6.07, 6.45) is 3.85. The second-order valence-electron chi connectivity index (χ2n) is 7.51. The third-order valence-corrected chi connectivity index (χ3v) is 5.68. The van der Waals surface area contributed by atoms with Crippen LogP contribution in [-0.2, 0) is 6.54 Å². The van der Waals surface area contributed by atoms with Crippen molar-refractivity contribution in [2.75, 3.05) is 0 Å². The van der Waals surface area contributed by atoms with E-state index in [4.69, 9.17) is 10.1 Å². The monoisotopic (exact) mass is 381 g/mol. The summed E-state index contributed by atoms with van der Waals surface area (Å²) in [6, 6.07) is 22.9. The zero-order valence-electron chi connectivity index (χ0n) is 16.4. The van der Waals surface area contributed by atoms with Gasteiger partial charge >= 0.3 is 0 Å². The number of nitrogens with zero attached hydrogens (tertiary/aromatic N) is 2. The topological polar surface area (TPSA) is 50.9 Å². The highest BCUT2D eigenvalue weighted by Crippen LogP contribution is 2.47. The second kappa shape index (κ2) is 7.21. The fraction of sp³-hybridized carbons (Fsp3) is 0.200. The Hall–Kier alpha value is -3.40. The van der Waals surface area contributed by atoms with E-state index in [1.165, 1.54) is 0 Å². The first-order valence-electron chi connectivity index (χ1n) is 10.2. The van der Waals surface area contributed by atoms with Gasteiger partial charge in [0.05, 0.1) is 5.56 Å². The molecule has 0 saturated carbocycles. The summed E-state index contributed by atoms with van der Waals surface area (Å²) in [6.45, 7) is 2.95. The second-order valence-corrected chi connectivity index (χ2v) is 7.51. The third-order valence-electron chi connectivity index (χ3n) is 5.68. The summed E-state index contributed by atoms with van der Waals surface area (Å²) in [4.78, 5) is 4.64. The van der Waals surface area contributed by atoms with Crippen molar-refractivity contribution in [2.24, 2.45) is 0 Å². The molecule has 5 rings (SSSR count). The first kappa shape index (κ1) is 17.7.